The van der Waals surface area contributed by atoms with Gasteiger partial charge in [0, 0.05) is 19.2 Å². The van der Waals surface area contributed by atoms with Crippen molar-refractivity contribution in [1.29, 1.82) is 0 Å². The second kappa shape index (κ2) is 7.59. The van der Waals surface area contributed by atoms with Gasteiger partial charge in [0.05, 0.1) is 19.1 Å². The van der Waals surface area contributed by atoms with Crippen LogP contribution in [0.5, 0.6) is 0 Å². The van der Waals surface area contributed by atoms with Gasteiger partial charge in [-0.05, 0) is 32.2 Å². The first-order chi connectivity index (χ1) is 9.65. The quantitative estimate of drug-likeness (QED) is 0.747. The first kappa shape index (κ1) is 15.3. The van der Waals surface area contributed by atoms with Gasteiger partial charge in [0.2, 0.25) is 5.91 Å². The molecule has 0 aromatic heterocycles. The number of hydrogen-bond acceptors (Lipinski definition) is 4. The number of carboxylic acid groups (broad SMARTS) is 1. The van der Waals surface area contributed by atoms with Gasteiger partial charge in [-0.1, -0.05) is 6.42 Å². The maximum absolute atomic E-state index is 11.9. The highest BCUT2D eigenvalue weighted by Gasteiger charge is 2.26. The molecule has 2 unspecified atom stereocenters. The van der Waals surface area contributed by atoms with Crippen LogP contribution in [0.25, 0.3) is 0 Å². The number of amides is 1. The molecule has 2 heterocycles. The van der Waals surface area contributed by atoms with E-state index < -0.39 is 5.97 Å². The van der Waals surface area contributed by atoms with Crippen LogP contribution in [0.15, 0.2) is 0 Å². The lowest BCUT2D eigenvalue weighted by Gasteiger charge is -2.34. The van der Waals surface area contributed by atoms with Crippen LogP contribution in [0.3, 0.4) is 0 Å². The van der Waals surface area contributed by atoms with Crippen LogP contribution in [0.4, 0.5) is 0 Å². The van der Waals surface area contributed by atoms with Crippen LogP contribution in [0.1, 0.15) is 38.5 Å². The molecule has 2 atom stereocenters. The maximum Gasteiger partial charge on any atom is 0.304 e. The minimum Gasteiger partial charge on any atom is -0.481 e. The van der Waals surface area contributed by atoms with Crippen LogP contribution in [0.2, 0.25) is 0 Å². The summed E-state index contributed by atoms with van der Waals surface area (Å²) < 4.78 is 5.46. The fraction of sp³-hybridized carbons (Fsp3) is 0.857. The lowest BCUT2D eigenvalue weighted by atomic mass is 9.99. The number of nitrogens with zero attached hydrogens (tertiary/aromatic N) is 1. The van der Waals surface area contributed by atoms with Gasteiger partial charge in [0.25, 0.3) is 0 Å². The molecule has 0 spiro atoms. The van der Waals surface area contributed by atoms with E-state index in [2.05, 4.69) is 5.32 Å². The maximum atomic E-state index is 11.9. The number of nitrogens with one attached hydrogen (secondary N) is 1. The molecule has 2 fully saturated rings. The number of likely N-dealkylation sites (tertiary alicyclic amines) is 1. The molecule has 2 saturated heterocycles. The second-order valence-corrected chi connectivity index (χ2v) is 5.66. The van der Waals surface area contributed by atoms with Crippen LogP contribution in [-0.4, -0.2) is 60.3 Å². The van der Waals surface area contributed by atoms with Crippen molar-refractivity contribution in [2.24, 2.45) is 0 Å². The molecule has 0 aliphatic carbocycles. The summed E-state index contributed by atoms with van der Waals surface area (Å²) in [6.07, 6.45) is 5.29. The van der Waals surface area contributed by atoms with E-state index in [1.807, 2.05) is 4.90 Å². The lowest BCUT2D eigenvalue weighted by Crippen LogP contribution is -2.47. The normalized spacial score (nSPS) is 27.4. The van der Waals surface area contributed by atoms with Gasteiger partial charge in [-0.15, -0.1) is 0 Å². The largest absolute Gasteiger partial charge is 0.481 e. The Bertz CT molecular complexity index is 342. The smallest absolute Gasteiger partial charge is 0.304 e. The van der Waals surface area contributed by atoms with E-state index >= 15 is 0 Å². The molecule has 0 radical (unpaired) electrons. The molecule has 0 aromatic rings. The average Bonchev–Trinajstić information content (AvgIpc) is 2.91. The van der Waals surface area contributed by atoms with Gasteiger partial charge >= 0.3 is 5.97 Å². The number of piperidine rings is 1. The van der Waals surface area contributed by atoms with Gasteiger partial charge in [0.1, 0.15) is 0 Å². The summed E-state index contributed by atoms with van der Waals surface area (Å²) in [5, 5.41) is 11.8. The Kier molecular flexibility index (Phi) is 5.79. The van der Waals surface area contributed by atoms with E-state index in [0.717, 1.165) is 45.3 Å². The third kappa shape index (κ3) is 4.76. The number of ether oxygens (including phenoxy) is 1. The second-order valence-electron chi connectivity index (χ2n) is 5.66. The molecule has 114 valence electrons. The molecule has 2 N–H and O–H groups in total. The highest BCUT2D eigenvalue weighted by molar-refractivity contribution is 5.78. The summed E-state index contributed by atoms with van der Waals surface area (Å²) in [4.78, 5) is 24.8. The van der Waals surface area contributed by atoms with E-state index in [0.29, 0.717) is 13.1 Å². The van der Waals surface area contributed by atoms with Crippen molar-refractivity contribution in [3.8, 4) is 0 Å². The Hall–Kier alpha value is -1.14. The SMILES string of the molecule is O=C(O)CC1CCCCN1CC(=O)NCC1CCCO1. The number of carboxylic acids is 1. The lowest BCUT2D eigenvalue weighted by molar-refractivity contribution is -0.139. The van der Waals surface area contributed by atoms with Crippen molar-refractivity contribution >= 4 is 11.9 Å². The molecule has 2 aliphatic rings. The number of carbonyl (C=O) groups is 2. The minimum atomic E-state index is -0.790. The highest BCUT2D eigenvalue weighted by Crippen LogP contribution is 2.19. The highest BCUT2D eigenvalue weighted by atomic mass is 16.5. The van der Waals surface area contributed by atoms with Gasteiger partial charge in [-0.3, -0.25) is 14.5 Å². The van der Waals surface area contributed by atoms with Gasteiger partial charge in [0.15, 0.2) is 0 Å². The Labute approximate surface area is 119 Å². The molecule has 0 saturated carbocycles. The van der Waals surface area contributed by atoms with Crippen molar-refractivity contribution in [3.63, 3.8) is 0 Å². The van der Waals surface area contributed by atoms with E-state index in [1.54, 1.807) is 0 Å². The summed E-state index contributed by atoms with van der Waals surface area (Å²) in [7, 11) is 0. The first-order valence-electron chi connectivity index (χ1n) is 7.49. The Morgan fingerprint density at radius 1 is 1.25 bits per heavy atom. The number of aliphatic carboxylic acids is 1. The van der Waals surface area contributed by atoms with Crippen molar-refractivity contribution in [2.45, 2.75) is 50.7 Å². The summed E-state index contributed by atoms with van der Waals surface area (Å²) in [6.45, 7) is 2.46. The Morgan fingerprint density at radius 2 is 2.10 bits per heavy atom. The molecule has 2 rings (SSSR count). The topological polar surface area (TPSA) is 78.9 Å². The van der Waals surface area contributed by atoms with E-state index in [4.69, 9.17) is 9.84 Å². The molecular formula is C14H24N2O4. The fourth-order valence-corrected chi connectivity index (χ4v) is 2.97. The van der Waals surface area contributed by atoms with Crippen molar-refractivity contribution in [3.05, 3.63) is 0 Å². The third-order valence-corrected chi connectivity index (χ3v) is 4.06. The zero-order valence-electron chi connectivity index (χ0n) is 11.8. The van der Waals surface area contributed by atoms with E-state index in [1.165, 1.54) is 0 Å². The number of carbonyl (C=O) groups excluding carboxylic acids is 1. The van der Waals surface area contributed by atoms with Crippen LogP contribution in [-0.2, 0) is 14.3 Å². The fourth-order valence-electron chi connectivity index (χ4n) is 2.97. The van der Waals surface area contributed by atoms with Gasteiger partial charge in [-0.25, -0.2) is 0 Å². The molecule has 20 heavy (non-hydrogen) atoms. The number of rotatable bonds is 6. The summed E-state index contributed by atoms with van der Waals surface area (Å²) in [6, 6.07) is -0.00488. The molecule has 6 heteroatoms. The minimum absolute atomic E-state index is 0.00488. The molecule has 1 amide bonds. The molecule has 2 aliphatic heterocycles. The molecular weight excluding hydrogens is 260 g/mol. The van der Waals surface area contributed by atoms with Crippen molar-refractivity contribution in [1.82, 2.24) is 10.2 Å². The predicted molar refractivity (Wildman–Crippen MR) is 73.4 cm³/mol. The summed E-state index contributed by atoms with van der Waals surface area (Å²) >= 11 is 0. The molecule has 0 bridgehead atoms. The average molecular weight is 284 g/mol. The summed E-state index contributed by atoms with van der Waals surface area (Å²) in [5.41, 5.74) is 0. The van der Waals surface area contributed by atoms with Crippen LogP contribution in [0, 0.1) is 0 Å². The number of hydrogen-bond donors (Lipinski definition) is 2. The standard InChI is InChI=1S/C14H24N2O4/c17-13(15-9-12-5-3-7-20-12)10-16-6-2-1-4-11(16)8-14(18)19/h11-12H,1-10H2,(H,15,17)(H,18,19). The van der Waals surface area contributed by atoms with Crippen molar-refractivity contribution in [2.75, 3.05) is 26.2 Å². The van der Waals surface area contributed by atoms with Crippen LogP contribution < -0.4 is 5.32 Å². The molecule has 6 nitrogen and oxygen atoms in total. The van der Waals surface area contributed by atoms with E-state index in [9.17, 15) is 9.59 Å². The van der Waals surface area contributed by atoms with E-state index in [-0.39, 0.29) is 24.5 Å². The first-order valence-corrected chi connectivity index (χ1v) is 7.49. The predicted octanol–water partition coefficient (Wildman–Crippen LogP) is 0.611. The zero-order chi connectivity index (χ0) is 14.4. The Balaban J connectivity index is 1.73. The Morgan fingerprint density at radius 3 is 2.80 bits per heavy atom. The third-order valence-electron chi connectivity index (χ3n) is 4.06. The zero-order valence-corrected chi connectivity index (χ0v) is 11.8. The van der Waals surface area contributed by atoms with Gasteiger partial charge < -0.3 is 15.2 Å². The summed E-state index contributed by atoms with van der Waals surface area (Å²) in [5.74, 6) is -0.820. The van der Waals surface area contributed by atoms with Crippen LogP contribution >= 0.6 is 0 Å². The van der Waals surface area contributed by atoms with Gasteiger partial charge in [-0.2, -0.15) is 0 Å². The molecule has 0 aromatic carbocycles. The monoisotopic (exact) mass is 284 g/mol. The van der Waals surface area contributed by atoms with Crippen molar-refractivity contribution < 1.29 is 19.4 Å².